The monoisotopic (exact) mass is 251 g/mol. The third-order valence-electron chi connectivity index (χ3n) is 4.17. The van der Waals surface area contributed by atoms with Gasteiger partial charge in [0.2, 0.25) is 0 Å². The largest absolute Gasteiger partial charge is 0.472 e. The van der Waals surface area contributed by atoms with Crippen molar-refractivity contribution in [3.05, 3.63) is 24.2 Å². The van der Waals surface area contributed by atoms with Crippen LogP contribution < -0.4 is 11.3 Å². The number of rotatable bonds is 4. The second-order valence-corrected chi connectivity index (χ2v) is 5.71. The van der Waals surface area contributed by atoms with Crippen molar-refractivity contribution in [2.24, 2.45) is 5.84 Å². The van der Waals surface area contributed by atoms with E-state index in [4.69, 9.17) is 10.3 Å². The number of likely N-dealkylation sites (tertiary alicyclic amines) is 1. The van der Waals surface area contributed by atoms with Crippen LogP contribution in [0.4, 0.5) is 0 Å². The predicted molar refractivity (Wildman–Crippen MR) is 72.9 cm³/mol. The van der Waals surface area contributed by atoms with E-state index in [1.807, 2.05) is 6.07 Å². The normalized spacial score (nSPS) is 20.6. The Morgan fingerprint density at radius 1 is 1.28 bits per heavy atom. The van der Waals surface area contributed by atoms with Gasteiger partial charge in [-0.2, -0.15) is 0 Å². The second kappa shape index (κ2) is 5.87. The van der Waals surface area contributed by atoms with Crippen LogP contribution in [0.3, 0.4) is 0 Å². The molecule has 1 aromatic rings. The quantitative estimate of drug-likeness (QED) is 0.637. The standard InChI is InChI=1S/C14H25N3O/c1-14(2,17-8-5-3-4-6-9-17)13(16-15)12-7-10-18-11-12/h7,10-11,13,16H,3-6,8-9,15H2,1-2H3. The number of nitrogens with one attached hydrogen (secondary N) is 1. The summed E-state index contributed by atoms with van der Waals surface area (Å²) >= 11 is 0. The maximum Gasteiger partial charge on any atom is 0.0951 e. The Hall–Kier alpha value is -0.840. The fourth-order valence-corrected chi connectivity index (χ4v) is 2.98. The van der Waals surface area contributed by atoms with Gasteiger partial charge in [0.1, 0.15) is 0 Å². The molecule has 1 aromatic heterocycles. The van der Waals surface area contributed by atoms with Crippen LogP contribution in [0.5, 0.6) is 0 Å². The lowest BCUT2D eigenvalue weighted by atomic mass is 9.88. The molecule has 18 heavy (non-hydrogen) atoms. The van der Waals surface area contributed by atoms with Crippen molar-refractivity contribution in [1.82, 2.24) is 10.3 Å². The summed E-state index contributed by atoms with van der Waals surface area (Å²) in [7, 11) is 0. The van der Waals surface area contributed by atoms with Crippen LogP contribution >= 0.6 is 0 Å². The van der Waals surface area contributed by atoms with Crippen LogP contribution in [-0.2, 0) is 0 Å². The number of hydrogen-bond acceptors (Lipinski definition) is 4. The van der Waals surface area contributed by atoms with E-state index in [1.165, 1.54) is 25.7 Å². The van der Waals surface area contributed by atoms with Crippen LogP contribution in [0.1, 0.15) is 51.1 Å². The van der Waals surface area contributed by atoms with Gasteiger partial charge >= 0.3 is 0 Å². The Kier molecular flexibility index (Phi) is 4.43. The molecule has 0 aliphatic carbocycles. The van der Waals surface area contributed by atoms with Gasteiger partial charge in [-0.3, -0.25) is 16.2 Å². The molecule has 0 spiro atoms. The average Bonchev–Trinajstić information content (AvgIpc) is 2.70. The molecular weight excluding hydrogens is 226 g/mol. The zero-order valence-electron chi connectivity index (χ0n) is 11.5. The molecule has 3 N–H and O–H groups in total. The predicted octanol–water partition coefficient (Wildman–Crippen LogP) is 2.44. The van der Waals surface area contributed by atoms with Crippen molar-refractivity contribution >= 4 is 0 Å². The molecule has 4 nitrogen and oxygen atoms in total. The lowest BCUT2D eigenvalue weighted by Gasteiger charge is -2.43. The van der Waals surface area contributed by atoms with Gasteiger partial charge in [0.05, 0.1) is 18.6 Å². The van der Waals surface area contributed by atoms with Crippen LogP contribution in [0, 0.1) is 0 Å². The molecule has 0 radical (unpaired) electrons. The number of furan rings is 1. The number of nitrogens with two attached hydrogens (primary N) is 1. The van der Waals surface area contributed by atoms with Crippen LogP contribution in [0.2, 0.25) is 0 Å². The Morgan fingerprint density at radius 2 is 1.94 bits per heavy atom. The van der Waals surface area contributed by atoms with Gasteiger partial charge < -0.3 is 4.42 Å². The van der Waals surface area contributed by atoms with E-state index in [2.05, 4.69) is 24.2 Å². The van der Waals surface area contributed by atoms with Crippen molar-refractivity contribution < 1.29 is 4.42 Å². The lowest BCUT2D eigenvalue weighted by molar-refractivity contribution is 0.0832. The highest BCUT2D eigenvalue weighted by Gasteiger charge is 2.36. The summed E-state index contributed by atoms with van der Waals surface area (Å²) in [6.07, 6.45) is 8.75. The molecule has 0 amide bonds. The molecule has 1 aliphatic rings. The van der Waals surface area contributed by atoms with Crippen molar-refractivity contribution in [2.45, 2.75) is 51.1 Å². The Bertz CT molecular complexity index is 340. The fourth-order valence-electron chi connectivity index (χ4n) is 2.98. The maximum absolute atomic E-state index is 5.78. The van der Waals surface area contributed by atoms with E-state index in [-0.39, 0.29) is 11.6 Å². The molecule has 0 bridgehead atoms. The molecule has 102 valence electrons. The Balaban J connectivity index is 2.16. The second-order valence-electron chi connectivity index (χ2n) is 5.71. The van der Waals surface area contributed by atoms with Gasteiger partial charge in [0.25, 0.3) is 0 Å². The summed E-state index contributed by atoms with van der Waals surface area (Å²) in [4.78, 5) is 2.55. The summed E-state index contributed by atoms with van der Waals surface area (Å²) < 4.78 is 5.19. The Labute approximate surface area is 109 Å². The van der Waals surface area contributed by atoms with E-state index in [9.17, 15) is 0 Å². The first kappa shape index (κ1) is 13.6. The minimum absolute atomic E-state index is 0.0109. The minimum atomic E-state index is -0.0109. The molecule has 4 heteroatoms. The van der Waals surface area contributed by atoms with Gasteiger partial charge in [-0.25, -0.2) is 0 Å². The van der Waals surface area contributed by atoms with Crippen molar-refractivity contribution in [3.63, 3.8) is 0 Å². The van der Waals surface area contributed by atoms with E-state index in [0.717, 1.165) is 18.7 Å². The first-order chi connectivity index (χ1) is 8.66. The molecule has 1 atom stereocenters. The topological polar surface area (TPSA) is 54.4 Å². The highest BCUT2D eigenvalue weighted by atomic mass is 16.3. The molecular formula is C14H25N3O. The third-order valence-corrected chi connectivity index (χ3v) is 4.17. The highest BCUT2D eigenvalue weighted by molar-refractivity contribution is 5.17. The smallest absolute Gasteiger partial charge is 0.0951 e. The van der Waals surface area contributed by atoms with Crippen molar-refractivity contribution in [2.75, 3.05) is 13.1 Å². The molecule has 2 rings (SSSR count). The van der Waals surface area contributed by atoms with Gasteiger partial charge in [0.15, 0.2) is 0 Å². The maximum atomic E-state index is 5.78. The summed E-state index contributed by atoms with van der Waals surface area (Å²) in [6, 6.07) is 2.08. The van der Waals surface area contributed by atoms with E-state index < -0.39 is 0 Å². The van der Waals surface area contributed by atoms with Crippen LogP contribution in [0.25, 0.3) is 0 Å². The Morgan fingerprint density at radius 3 is 2.44 bits per heavy atom. The highest BCUT2D eigenvalue weighted by Crippen LogP contribution is 2.32. The summed E-state index contributed by atoms with van der Waals surface area (Å²) in [5.74, 6) is 5.78. The van der Waals surface area contributed by atoms with Crippen molar-refractivity contribution in [1.29, 1.82) is 0 Å². The molecule has 0 saturated carbocycles. The summed E-state index contributed by atoms with van der Waals surface area (Å²) in [5.41, 5.74) is 4.07. The van der Waals surface area contributed by atoms with E-state index in [1.54, 1.807) is 12.5 Å². The number of nitrogens with zero attached hydrogens (tertiary/aromatic N) is 1. The van der Waals surface area contributed by atoms with Gasteiger partial charge in [-0.05, 0) is 45.8 Å². The molecule has 1 unspecified atom stereocenters. The number of hydrazine groups is 1. The number of hydrogen-bond donors (Lipinski definition) is 2. The van der Waals surface area contributed by atoms with Crippen LogP contribution in [-0.4, -0.2) is 23.5 Å². The zero-order chi connectivity index (χ0) is 13.0. The zero-order valence-corrected chi connectivity index (χ0v) is 11.5. The van der Waals surface area contributed by atoms with E-state index in [0.29, 0.717) is 0 Å². The summed E-state index contributed by atoms with van der Waals surface area (Å²) in [6.45, 7) is 6.83. The molecule has 2 heterocycles. The first-order valence-corrected chi connectivity index (χ1v) is 6.89. The SMILES string of the molecule is CC(C)(C(NN)c1ccoc1)N1CCCCCC1. The molecule has 1 fully saturated rings. The molecule has 1 aliphatic heterocycles. The fraction of sp³-hybridized carbons (Fsp3) is 0.714. The minimum Gasteiger partial charge on any atom is -0.472 e. The first-order valence-electron chi connectivity index (χ1n) is 6.89. The lowest BCUT2D eigenvalue weighted by Crippen LogP contribution is -2.54. The van der Waals surface area contributed by atoms with Gasteiger partial charge in [-0.15, -0.1) is 0 Å². The molecule has 0 aromatic carbocycles. The van der Waals surface area contributed by atoms with E-state index >= 15 is 0 Å². The third kappa shape index (κ3) is 2.76. The van der Waals surface area contributed by atoms with Crippen molar-refractivity contribution in [3.8, 4) is 0 Å². The summed E-state index contributed by atoms with van der Waals surface area (Å²) in [5, 5.41) is 0. The van der Waals surface area contributed by atoms with Gasteiger partial charge in [-0.1, -0.05) is 12.8 Å². The average molecular weight is 251 g/mol. The van der Waals surface area contributed by atoms with Gasteiger partial charge in [0, 0.05) is 11.1 Å². The van der Waals surface area contributed by atoms with Crippen LogP contribution in [0.15, 0.2) is 23.0 Å². The molecule has 1 saturated heterocycles.